The van der Waals surface area contributed by atoms with Crippen LogP contribution in [0.4, 0.5) is 0 Å². The molecule has 24 heavy (non-hydrogen) atoms. The number of amides is 1. The van der Waals surface area contributed by atoms with Gasteiger partial charge in [0, 0.05) is 6.42 Å². The van der Waals surface area contributed by atoms with Gasteiger partial charge in [0.2, 0.25) is 0 Å². The lowest BCUT2D eigenvalue weighted by Crippen LogP contribution is -2.24. The lowest BCUT2D eigenvalue weighted by Gasteiger charge is -2.06. The highest BCUT2D eigenvalue weighted by Gasteiger charge is 2.15. The standard InChI is InChI=1S/C16H14N2O6/c19-13-8-10-4-2-1-3-9(10)7-11(13)15(22)18-17-12(16(23)24)5-6-14(20)21/h1-4,7-8,19H,5-6H2,(H,18,22)(H,20,21)(H,23,24)/b17-12+. The first-order valence-corrected chi connectivity index (χ1v) is 6.92. The van der Waals surface area contributed by atoms with Crippen molar-refractivity contribution in [2.75, 3.05) is 0 Å². The molecule has 0 atom stereocenters. The Kier molecular flexibility index (Phi) is 5.10. The zero-order valence-electron chi connectivity index (χ0n) is 12.4. The number of carbonyl (C=O) groups is 3. The number of carboxylic acid groups (broad SMARTS) is 2. The maximum Gasteiger partial charge on any atom is 0.352 e. The van der Waals surface area contributed by atoms with E-state index >= 15 is 0 Å². The van der Waals surface area contributed by atoms with Crippen LogP contribution in [0.2, 0.25) is 0 Å². The van der Waals surface area contributed by atoms with Gasteiger partial charge in [-0.25, -0.2) is 10.2 Å². The van der Waals surface area contributed by atoms with Crippen LogP contribution in [0, 0.1) is 0 Å². The molecular weight excluding hydrogens is 316 g/mol. The molecule has 0 saturated heterocycles. The Hall–Kier alpha value is -3.42. The lowest BCUT2D eigenvalue weighted by molar-refractivity contribution is -0.136. The van der Waals surface area contributed by atoms with Crippen LogP contribution in [-0.2, 0) is 9.59 Å². The van der Waals surface area contributed by atoms with Crippen LogP contribution >= 0.6 is 0 Å². The Balaban J connectivity index is 2.22. The molecule has 0 spiro atoms. The summed E-state index contributed by atoms with van der Waals surface area (Å²) in [6.45, 7) is 0. The van der Waals surface area contributed by atoms with E-state index in [2.05, 4.69) is 5.10 Å². The second kappa shape index (κ2) is 7.23. The van der Waals surface area contributed by atoms with E-state index in [1.54, 1.807) is 24.3 Å². The summed E-state index contributed by atoms with van der Waals surface area (Å²) < 4.78 is 0. The Morgan fingerprint density at radius 1 is 1.00 bits per heavy atom. The molecule has 0 unspecified atom stereocenters. The molecule has 0 fully saturated rings. The highest BCUT2D eigenvalue weighted by molar-refractivity contribution is 6.35. The average Bonchev–Trinajstić information content (AvgIpc) is 2.53. The maximum atomic E-state index is 12.1. The molecule has 0 aliphatic rings. The zero-order valence-corrected chi connectivity index (χ0v) is 12.4. The SMILES string of the molecule is O=C(O)CC/C(=N\NC(=O)c1cc2ccccc2cc1O)C(=O)O. The first-order chi connectivity index (χ1) is 11.4. The third-order valence-corrected chi connectivity index (χ3v) is 3.22. The summed E-state index contributed by atoms with van der Waals surface area (Å²) >= 11 is 0. The van der Waals surface area contributed by atoms with E-state index in [4.69, 9.17) is 10.2 Å². The molecule has 8 nitrogen and oxygen atoms in total. The van der Waals surface area contributed by atoms with E-state index in [9.17, 15) is 19.5 Å². The predicted octanol–water partition coefficient (Wildman–Crippen LogP) is 1.58. The summed E-state index contributed by atoms with van der Waals surface area (Å²) in [4.78, 5) is 33.6. The predicted molar refractivity (Wildman–Crippen MR) is 85.0 cm³/mol. The minimum absolute atomic E-state index is 0.0691. The third kappa shape index (κ3) is 4.07. The monoisotopic (exact) mass is 330 g/mol. The zero-order chi connectivity index (χ0) is 17.7. The van der Waals surface area contributed by atoms with Gasteiger partial charge in [-0.05, 0) is 22.9 Å². The summed E-state index contributed by atoms with van der Waals surface area (Å²) in [5.74, 6) is -3.68. The van der Waals surface area contributed by atoms with Crippen molar-refractivity contribution in [2.45, 2.75) is 12.8 Å². The van der Waals surface area contributed by atoms with Crippen LogP contribution < -0.4 is 5.43 Å². The second-order valence-electron chi connectivity index (χ2n) is 4.91. The van der Waals surface area contributed by atoms with E-state index < -0.39 is 30.0 Å². The maximum absolute atomic E-state index is 12.1. The fraction of sp³-hybridized carbons (Fsp3) is 0.125. The smallest absolute Gasteiger partial charge is 0.352 e. The number of phenols is 1. The Morgan fingerprint density at radius 2 is 1.62 bits per heavy atom. The van der Waals surface area contributed by atoms with Crippen molar-refractivity contribution >= 4 is 34.3 Å². The van der Waals surface area contributed by atoms with E-state index in [-0.39, 0.29) is 17.7 Å². The number of rotatable bonds is 6. The van der Waals surface area contributed by atoms with Crippen molar-refractivity contribution in [2.24, 2.45) is 5.10 Å². The van der Waals surface area contributed by atoms with Crippen LogP contribution in [0.25, 0.3) is 10.8 Å². The van der Waals surface area contributed by atoms with Gasteiger partial charge in [0.15, 0.2) is 0 Å². The average molecular weight is 330 g/mol. The molecule has 0 bridgehead atoms. The summed E-state index contributed by atoms with van der Waals surface area (Å²) in [6.07, 6.45) is -0.767. The molecule has 8 heteroatoms. The van der Waals surface area contributed by atoms with E-state index in [0.717, 1.165) is 5.39 Å². The van der Waals surface area contributed by atoms with Crippen LogP contribution in [-0.4, -0.2) is 38.9 Å². The number of nitrogens with one attached hydrogen (secondary N) is 1. The topological polar surface area (TPSA) is 136 Å². The molecule has 0 aromatic heterocycles. The fourth-order valence-electron chi connectivity index (χ4n) is 2.02. The van der Waals surface area contributed by atoms with Crippen molar-refractivity contribution in [1.82, 2.24) is 5.43 Å². The van der Waals surface area contributed by atoms with Crippen molar-refractivity contribution in [3.8, 4) is 5.75 Å². The number of carbonyl (C=O) groups excluding carboxylic acids is 1. The van der Waals surface area contributed by atoms with Crippen molar-refractivity contribution in [1.29, 1.82) is 0 Å². The lowest BCUT2D eigenvalue weighted by atomic mass is 10.1. The van der Waals surface area contributed by atoms with Crippen LogP contribution in [0.3, 0.4) is 0 Å². The second-order valence-corrected chi connectivity index (χ2v) is 4.91. The molecule has 0 radical (unpaired) electrons. The number of hydrazone groups is 1. The number of phenolic OH excluding ortho intramolecular Hbond substituents is 1. The number of benzene rings is 2. The summed E-state index contributed by atoms with van der Waals surface area (Å²) in [6, 6.07) is 9.94. The third-order valence-electron chi connectivity index (χ3n) is 3.22. The number of nitrogens with zero attached hydrogens (tertiary/aromatic N) is 1. The van der Waals surface area contributed by atoms with Crippen LogP contribution in [0.1, 0.15) is 23.2 Å². The Labute approximate surface area is 136 Å². The highest BCUT2D eigenvalue weighted by Crippen LogP contribution is 2.24. The normalized spacial score (nSPS) is 11.2. The molecule has 2 aromatic rings. The quantitative estimate of drug-likeness (QED) is 0.469. The molecule has 0 aliphatic carbocycles. The highest BCUT2D eigenvalue weighted by atomic mass is 16.4. The van der Waals surface area contributed by atoms with Gasteiger partial charge in [0.25, 0.3) is 5.91 Å². The largest absolute Gasteiger partial charge is 0.507 e. The van der Waals surface area contributed by atoms with Gasteiger partial charge in [-0.2, -0.15) is 5.10 Å². The van der Waals surface area contributed by atoms with Gasteiger partial charge in [-0.1, -0.05) is 24.3 Å². The number of aromatic hydroxyl groups is 1. The van der Waals surface area contributed by atoms with Gasteiger partial charge in [-0.3, -0.25) is 9.59 Å². The molecule has 124 valence electrons. The molecule has 0 heterocycles. The first-order valence-electron chi connectivity index (χ1n) is 6.92. The Morgan fingerprint density at radius 3 is 2.21 bits per heavy atom. The minimum atomic E-state index is -1.43. The number of carboxylic acids is 2. The van der Waals surface area contributed by atoms with Gasteiger partial charge in [0.1, 0.15) is 11.5 Å². The van der Waals surface area contributed by atoms with Crippen LogP contribution in [0.15, 0.2) is 41.5 Å². The van der Waals surface area contributed by atoms with E-state index in [1.807, 2.05) is 5.43 Å². The number of hydrogen-bond acceptors (Lipinski definition) is 5. The van der Waals surface area contributed by atoms with Gasteiger partial charge >= 0.3 is 11.9 Å². The van der Waals surface area contributed by atoms with E-state index in [1.165, 1.54) is 12.1 Å². The molecule has 2 rings (SSSR count). The molecular formula is C16H14N2O6. The number of hydrogen-bond donors (Lipinski definition) is 4. The van der Waals surface area contributed by atoms with E-state index in [0.29, 0.717) is 5.39 Å². The summed E-state index contributed by atoms with van der Waals surface area (Å²) in [5.41, 5.74) is 1.46. The van der Waals surface area contributed by atoms with Crippen molar-refractivity contribution in [3.05, 3.63) is 42.0 Å². The molecule has 1 amide bonds. The summed E-state index contributed by atoms with van der Waals surface area (Å²) in [5, 5.41) is 32.3. The van der Waals surface area contributed by atoms with Crippen LogP contribution in [0.5, 0.6) is 5.75 Å². The molecule has 4 N–H and O–H groups in total. The van der Waals surface area contributed by atoms with Gasteiger partial charge in [-0.15, -0.1) is 0 Å². The minimum Gasteiger partial charge on any atom is -0.507 e. The molecule has 0 aliphatic heterocycles. The first kappa shape index (κ1) is 16.9. The summed E-state index contributed by atoms with van der Waals surface area (Å²) in [7, 11) is 0. The van der Waals surface area contributed by atoms with Crippen molar-refractivity contribution in [3.63, 3.8) is 0 Å². The number of aliphatic carboxylic acids is 2. The fourth-order valence-corrected chi connectivity index (χ4v) is 2.02. The molecule has 0 saturated carbocycles. The molecule has 2 aromatic carbocycles. The van der Waals surface area contributed by atoms with Gasteiger partial charge in [0.05, 0.1) is 12.0 Å². The number of fused-ring (bicyclic) bond motifs is 1. The van der Waals surface area contributed by atoms with Crippen molar-refractivity contribution < 1.29 is 29.7 Å². The Bertz CT molecular complexity index is 844. The van der Waals surface area contributed by atoms with Gasteiger partial charge < -0.3 is 15.3 Å².